The molecule has 1 amide bonds. The number of aromatic nitrogens is 2. The molecule has 1 fully saturated rings. The minimum Gasteiger partial charge on any atom is -0.386 e. The molecule has 158 valence electrons. The minimum atomic E-state index is -0.513. The third-order valence-corrected chi connectivity index (χ3v) is 6.57. The number of hydrogen-bond donors (Lipinski definition) is 1. The van der Waals surface area contributed by atoms with Crippen molar-refractivity contribution in [3.63, 3.8) is 0 Å². The number of aliphatic hydroxyl groups excluding tert-OH is 1. The van der Waals surface area contributed by atoms with Crippen molar-refractivity contribution in [3.8, 4) is 0 Å². The Balaban J connectivity index is 1.49. The van der Waals surface area contributed by atoms with E-state index in [9.17, 15) is 14.7 Å². The van der Waals surface area contributed by atoms with Crippen LogP contribution in [0.2, 0.25) is 0 Å². The van der Waals surface area contributed by atoms with Gasteiger partial charge in [-0.1, -0.05) is 6.07 Å². The molecule has 0 aromatic carbocycles. The van der Waals surface area contributed by atoms with Crippen LogP contribution in [0.25, 0.3) is 11.0 Å². The normalized spacial score (nSPS) is 16.2. The van der Waals surface area contributed by atoms with Crippen molar-refractivity contribution >= 4 is 28.3 Å². The molecule has 0 spiro atoms. The number of nitrogens with zero attached hydrogens (tertiary/aromatic N) is 4. The SMILES string of the molecule is CCn1cc(C(=O)N2CCN(CC(O)c3cccs3)CC2)c(=O)c2ccc(C)nc21. The number of carbonyl (C=O) groups is 1. The van der Waals surface area contributed by atoms with Gasteiger partial charge in [-0.25, -0.2) is 4.98 Å². The number of thiophene rings is 1. The van der Waals surface area contributed by atoms with Gasteiger partial charge in [-0.15, -0.1) is 11.3 Å². The molecule has 1 aliphatic heterocycles. The van der Waals surface area contributed by atoms with Crippen molar-refractivity contribution in [2.45, 2.75) is 26.5 Å². The lowest BCUT2D eigenvalue weighted by atomic mass is 10.1. The Hall–Kier alpha value is -2.55. The second kappa shape index (κ2) is 8.67. The molecule has 1 aliphatic rings. The summed E-state index contributed by atoms with van der Waals surface area (Å²) < 4.78 is 1.87. The van der Waals surface area contributed by atoms with E-state index in [1.54, 1.807) is 34.6 Å². The largest absolute Gasteiger partial charge is 0.386 e. The molecule has 8 heteroatoms. The Labute approximate surface area is 179 Å². The second-order valence-corrected chi connectivity index (χ2v) is 8.59. The lowest BCUT2D eigenvalue weighted by Gasteiger charge is -2.35. The first-order valence-corrected chi connectivity index (χ1v) is 11.1. The number of aliphatic hydroxyl groups is 1. The zero-order valence-electron chi connectivity index (χ0n) is 17.2. The molecule has 1 atom stereocenters. The molecule has 4 heterocycles. The number of fused-ring (bicyclic) bond motifs is 1. The molecule has 0 bridgehead atoms. The van der Waals surface area contributed by atoms with Crippen LogP contribution < -0.4 is 5.43 Å². The van der Waals surface area contributed by atoms with Gasteiger partial charge in [0.2, 0.25) is 5.43 Å². The van der Waals surface area contributed by atoms with Gasteiger partial charge in [-0.2, -0.15) is 0 Å². The first kappa shape index (κ1) is 20.7. The molecule has 7 nitrogen and oxygen atoms in total. The average Bonchev–Trinajstić information content (AvgIpc) is 3.29. The smallest absolute Gasteiger partial charge is 0.259 e. The van der Waals surface area contributed by atoms with E-state index in [4.69, 9.17) is 0 Å². The highest BCUT2D eigenvalue weighted by Gasteiger charge is 2.26. The molecule has 1 unspecified atom stereocenters. The van der Waals surface area contributed by atoms with Crippen molar-refractivity contribution in [3.05, 3.63) is 62.2 Å². The summed E-state index contributed by atoms with van der Waals surface area (Å²) in [7, 11) is 0. The van der Waals surface area contributed by atoms with Crippen LogP contribution in [-0.2, 0) is 6.54 Å². The molecular formula is C22H26N4O3S. The summed E-state index contributed by atoms with van der Waals surface area (Å²) in [5.41, 5.74) is 1.39. The third-order valence-electron chi connectivity index (χ3n) is 5.59. The molecule has 1 N–H and O–H groups in total. The maximum absolute atomic E-state index is 13.1. The molecule has 0 radical (unpaired) electrons. The lowest BCUT2D eigenvalue weighted by molar-refractivity contribution is 0.0531. The zero-order valence-corrected chi connectivity index (χ0v) is 18.1. The van der Waals surface area contributed by atoms with E-state index < -0.39 is 6.10 Å². The van der Waals surface area contributed by atoms with Crippen LogP contribution in [0.4, 0.5) is 0 Å². The number of piperazine rings is 1. The molecule has 4 rings (SSSR count). The summed E-state index contributed by atoms with van der Waals surface area (Å²) in [5, 5.41) is 12.8. The Bertz CT molecular complexity index is 1100. The number of hydrogen-bond acceptors (Lipinski definition) is 6. The second-order valence-electron chi connectivity index (χ2n) is 7.61. The summed E-state index contributed by atoms with van der Waals surface area (Å²) in [6, 6.07) is 7.43. The Morgan fingerprint density at radius 1 is 1.23 bits per heavy atom. The van der Waals surface area contributed by atoms with E-state index >= 15 is 0 Å². The molecular weight excluding hydrogens is 400 g/mol. The van der Waals surface area contributed by atoms with Gasteiger partial charge in [0, 0.05) is 56.0 Å². The van der Waals surface area contributed by atoms with Crippen LogP contribution in [0.5, 0.6) is 0 Å². The number of aryl methyl sites for hydroxylation is 2. The maximum Gasteiger partial charge on any atom is 0.259 e. The number of carbonyl (C=O) groups excluding carboxylic acids is 1. The van der Waals surface area contributed by atoms with E-state index in [-0.39, 0.29) is 16.9 Å². The fourth-order valence-corrected chi connectivity index (χ4v) is 4.58. The van der Waals surface area contributed by atoms with Gasteiger partial charge in [-0.3, -0.25) is 14.5 Å². The Morgan fingerprint density at radius 3 is 2.67 bits per heavy atom. The monoisotopic (exact) mass is 426 g/mol. The first-order chi connectivity index (χ1) is 14.5. The highest BCUT2D eigenvalue weighted by molar-refractivity contribution is 7.10. The number of pyridine rings is 2. The van der Waals surface area contributed by atoms with Gasteiger partial charge in [0.05, 0.1) is 5.39 Å². The van der Waals surface area contributed by atoms with Crippen LogP contribution in [-0.4, -0.2) is 63.1 Å². The molecule has 1 saturated heterocycles. The van der Waals surface area contributed by atoms with Crippen molar-refractivity contribution in [2.24, 2.45) is 0 Å². The summed E-state index contributed by atoms with van der Waals surface area (Å²) >= 11 is 1.55. The average molecular weight is 427 g/mol. The van der Waals surface area contributed by atoms with Gasteiger partial charge in [0.25, 0.3) is 5.91 Å². The summed E-state index contributed by atoms with van der Waals surface area (Å²) in [4.78, 5) is 35.5. The van der Waals surface area contributed by atoms with Crippen molar-refractivity contribution in [2.75, 3.05) is 32.7 Å². The van der Waals surface area contributed by atoms with E-state index in [1.165, 1.54) is 0 Å². The van der Waals surface area contributed by atoms with Crippen LogP contribution >= 0.6 is 11.3 Å². The van der Waals surface area contributed by atoms with Gasteiger partial charge in [-0.05, 0) is 37.4 Å². The molecule has 30 heavy (non-hydrogen) atoms. The van der Waals surface area contributed by atoms with Crippen molar-refractivity contribution in [1.82, 2.24) is 19.4 Å². The highest BCUT2D eigenvalue weighted by Crippen LogP contribution is 2.20. The predicted octanol–water partition coefficient (Wildman–Crippen LogP) is 2.28. The fourth-order valence-electron chi connectivity index (χ4n) is 3.87. The van der Waals surface area contributed by atoms with E-state index in [1.807, 2.05) is 35.9 Å². The maximum atomic E-state index is 13.1. The fraction of sp³-hybridized carbons (Fsp3) is 0.409. The highest BCUT2D eigenvalue weighted by atomic mass is 32.1. The lowest BCUT2D eigenvalue weighted by Crippen LogP contribution is -2.50. The van der Waals surface area contributed by atoms with E-state index in [0.717, 1.165) is 10.6 Å². The van der Waals surface area contributed by atoms with Gasteiger partial charge in [0.1, 0.15) is 17.3 Å². The van der Waals surface area contributed by atoms with E-state index in [0.29, 0.717) is 50.3 Å². The summed E-state index contributed by atoms with van der Waals surface area (Å²) in [6.07, 6.45) is 1.13. The van der Waals surface area contributed by atoms with Crippen molar-refractivity contribution in [1.29, 1.82) is 0 Å². The standard InChI is InChI=1S/C22H26N4O3S/c1-3-25-13-17(20(28)16-7-6-15(2)23-21(16)25)22(29)26-10-8-24(9-11-26)14-18(27)19-5-4-12-30-19/h4-7,12-13,18,27H,3,8-11,14H2,1-2H3. The predicted molar refractivity (Wildman–Crippen MR) is 118 cm³/mol. The Kier molecular flexibility index (Phi) is 5.99. The van der Waals surface area contributed by atoms with Gasteiger partial charge >= 0.3 is 0 Å². The summed E-state index contributed by atoms with van der Waals surface area (Å²) in [5.74, 6) is -0.233. The number of β-amino-alcohol motifs (C(OH)–C–C–N with tert-alkyl or cyclic N) is 1. The van der Waals surface area contributed by atoms with Crippen LogP contribution in [0.1, 0.15) is 34.0 Å². The number of rotatable bonds is 5. The topological polar surface area (TPSA) is 78.7 Å². The quantitative estimate of drug-likeness (QED) is 0.677. The number of amides is 1. The molecule has 3 aromatic heterocycles. The molecule has 3 aromatic rings. The van der Waals surface area contributed by atoms with Crippen molar-refractivity contribution < 1.29 is 9.90 Å². The molecule has 0 saturated carbocycles. The Morgan fingerprint density at radius 2 is 2.00 bits per heavy atom. The van der Waals surface area contributed by atoms with Crippen LogP contribution in [0.3, 0.4) is 0 Å². The zero-order chi connectivity index (χ0) is 21.3. The van der Waals surface area contributed by atoms with Crippen LogP contribution in [0.15, 0.2) is 40.6 Å². The van der Waals surface area contributed by atoms with E-state index in [2.05, 4.69) is 9.88 Å². The van der Waals surface area contributed by atoms with Crippen LogP contribution in [0, 0.1) is 6.92 Å². The first-order valence-electron chi connectivity index (χ1n) is 10.2. The molecule has 0 aliphatic carbocycles. The van der Waals surface area contributed by atoms with Gasteiger partial charge in [0.15, 0.2) is 0 Å². The summed E-state index contributed by atoms with van der Waals surface area (Å²) in [6.45, 7) is 7.44. The van der Waals surface area contributed by atoms with Gasteiger partial charge < -0.3 is 14.6 Å². The minimum absolute atomic E-state index is 0.196. The third kappa shape index (κ3) is 4.03.